The van der Waals surface area contributed by atoms with E-state index in [4.69, 9.17) is 9.15 Å². The Morgan fingerprint density at radius 1 is 1.03 bits per heavy atom. The van der Waals surface area contributed by atoms with Gasteiger partial charge in [0.05, 0.1) is 31.3 Å². The number of furan rings is 1. The zero-order valence-corrected chi connectivity index (χ0v) is 17.1. The quantitative estimate of drug-likeness (QED) is 0.546. The van der Waals surface area contributed by atoms with Crippen LogP contribution >= 0.6 is 0 Å². The van der Waals surface area contributed by atoms with Crippen molar-refractivity contribution in [1.82, 2.24) is 0 Å². The fourth-order valence-electron chi connectivity index (χ4n) is 2.78. The smallest absolute Gasteiger partial charge is 0.373 e. The number of hydrogen-bond acceptors (Lipinski definition) is 6. The summed E-state index contributed by atoms with van der Waals surface area (Å²) in [6.07, 6.45) is 0. The first-order valence-electron chi connectivity index (χ1n) is 8.75. The van der Waals surface area contributed by atoms with E-state index in [1.165, 1.54) is 24.6 Å². The van der Waals surface area contributed by atoms with Gasteiger partial charge in [0.25, 0.3) is 10.0 Å². The molecule has 0 unspecified atom stereocenters. The molecule has 3 aromatic rings. The van der Waals surface area contributed by atoms with Gasteiger partial charge >= 0.3 is 5.97 Å². The number of carbonyl (C=O) groups excluding carboxylic acids is 1. The predicted molar refractivity (Wildman–Crippen MR) is 108 cm³/mol. The Bertz CT molecular complexity index is 1100. The highest BCUT2D eigenvalue weighted by Crippen LogP contribution is 2.28. The molecule has 0 saturated carbocycles. The number of benzene rings is 2. The van der Waals surface area contributed by atoms with Crippen molar-refractivity contribution in [3.8, 4) is 5.75 Å². The average molecular weight is 415 g/mol. The minimum atomic E-state index is -3.89. The number of hydrogen-bond donors (Lipinski definition) is 0. The lowest BCUT2D eigenvalue weighted by atomic mass is 10.2. The molecule has 0 aliphatic rings. The lowest BCUT2D eigenvalue weighted by Gasteiger charge is -2.24. The summed E-state index contributed by atoms with van der Waals surface area (Å²) in [7, 11) is -1.11. The van der Waals surface area contributed by atoms with Gasteiger partial charge in [0.2, 0.25) is 5.76 Å². The third kappa shape index (κ3) is 4.43. The zero-order chi connectivity index (χ0) is 21.0. The van der Waals surface area contributed by atoms with Crippen molar-refractivity contribution >= 4 is 21.7 Å². The molecule has 0 N–H and O–H groups in total. The third-order valence-electron chi connectivity index (χ3n) is 4.29. The number of sulfonamides is 1. The van der Waals surface area contributed by atoms with Gasteiger partial charge in [0.1, 0.15) is 11.5 Å². The molecule has 0 amide bonds. The monoisotopic (exact) mass is 415 g/mol. The highest BCUT2D eigenvalue weighted by molar-refractivity contribution is 7.92. The fourth-order valence-corrected chi connectivity index (χ4v) is 4.32. The zero-order valence-electron chi connectivity index (χ0n) is 16.3. The summed E-state index contributed by atoms with van der Waals surface area (Å²) in [5.41, 5.74) is 1.26. The number of aryl methyl sites for hydroxylation is 1. The topological polar surface area (TPSA) is 86.0 Å². The Balaban J connectivity index is 2.03. The summed E-state index contributed by atoms with van der Waals surface area (Å²) in [6.45, 7) is 1.73. The van der Waals surface area contributed by atoms with Gasteiger partial charge in [-0.15, -0.1) is 0 Å². The van der Waals surface area contributed by atoms with Crippen molar-refractivity contribution in [2.24, 2.45) is 0 Å². The maximum absolute atomic E-state index is 13.4. The number of rotatable bonds is 7. The van der Waals surface area contributed by atoms with E-state index < -0.39 is 16.0 Å². The SMILES string of the molecule is COC(=O)c1ccc(CN(c2ccc(OC)cc2)S(=O)(=O)c2cccc(C)c2)o1. The van der Waals surface area contributed by atoms with Gasteiger partial charge in [0.15, 0.2) is 0 Å². The molecule has 0 aliphatic carbocycles. The van der Waals surface area contributed by atoms with Crippen LogP contribution in [0.4, 0.5) is 5.69 Å². The van der Waals surface area contributed by atoms with Crippen LogP contribution in [0.25, 0.3) is 0 Å². The Morgan fingerprint density at radius 2 is 1.76 bits per heavy atom. The van der Waals surface area contributed by atoms with E-state index in [2.05, 4.69) is 4.74 Å². The third-order valence-corrected chi connectivity index (χ3v) is 6.06. The molecule has 0 radical (unpaired) electrons. The lowest BCUT2D eigenvalue weighted by Crippen LogP contribution is -2.30. The normalized spacial score (nSPS) is 11.1. The molecule has 29 heavy (non-hydrogen) atoms. The second kappa shape index (κ2) is 8.40. The van der Waals surface area contributed by atoms with Crippen molar-refractivity contribution in [2.75, 3.05) is 18.5 Å². The molecule has 1 aromatic heterocycles. The Morgan fingerprint density at radius 3 is 2.38 bits per heavy atom. The molecule has 0 atom stereocenters. The number of anilines is 1. The fraction of sp³-hybridized carbons (Fsp3) is 0.190. The van der Waals surface area contributed by atoms with Crippen molar-refractivity contribution in [3.63, 3.8) is 0 Å². The second-order valence-corrected chi connectivity index (χ2v) is 8.15. The van der Waals surface area contributed by atoms with E-state index in [1.54, 1.807) is 48.5 Å². The molecule has 1 heterocycles. The van der Waals surface area contributed by atoms with E-state index in [0.717, 1.165) is 5.56 Å². The summed E-state index contributed by atoms with van der Waals surface area (Å²) in [4.78, 5) is 11.8. The van der Waals surface area contributed by atoms with Crippen LogP contribution in [-0.2, 0) is 21.3 Å². The van der Waals surface area contributed by atoms with Gasteiger partial charge in [-0.2, -0.15) is 0 Å². The predicted octanol–water partition coefficient (Wildman–Crippen LogP) is 3.78. The van der Waals surface area contributed by atoms with Crippen LogP contribution < -0.4 is 9.04 Å². The van der Waals surface area contributed by atoms with Crippen molar-refractivity contribution in [2.45, 2.75) is 18.4 Å². The lowest BCUT2D eigenvalue weighted by molar-refractivity contribution is 0.0563. The minimum absolute atomic E-state index is 0.00475. The molecule has 152 valence electrons. The highest BCUT2D eigenvalue weighted by Gasteiger charge is 2.27. The first kappa shape index (κ1) is 20.5. The summed E-state index contributed by atoms with van der Waals surface area (Å²) in [6, 6.07) is 16.3. The van der Waals surface area contributed by atoms with Crippen LogP contribution in [0.15, 0.2) is 70.0 Å². The number of nitrogens with zero attached hydrogens (tertiary/aromatic N) is 1. The maximum atomic E-state index is 13.4. The molecule has 3 rings (SSSR count). The van der Waals surface area contributed by atoms with Crippen LogP contribution in [0.5, 0.6) is 5.75 Å². The molecule has 0 spiro atoms. The Hall–Kier alpha value is -3.26. The molecular weight excluding hydrogens is 394 g/mol. The first-order valence-corrected chi connectivity index (χ1v) is 10.2. The Kier molecular flexibility index (Phi) is 5.93. The Labute approximate surface area is 169 Å². The molecule has 0 fully saturated rings. The van der Waals surface area contributed by atoms with Gasteiger partial charge in [0, 0.05) is 0 Å². The summed E-state index contributed by atoms with van der Waals surface area (Å²) in [5.74, 6) is 0.281. The van der Waals surface area contributed by atoms with Gasteiger partial charge in [-0.3, -0.25) is 4.31 Å². The molecular formula is C21H21NO6S. The van der Waals surface area contributed by atoms with Gasteiger partial charge in [-0.05, 0) is 61.0 Å². The van der Waals surface area contributed by atoms with E-state index in [1.807, 2.05) is 13.0 Å². The van der Waals surface area contributed by atoms with Crippen LogP contribution in [0.2, 0.25) is 0 Å². The van der Waals surface area contributed by atoms with Gasteiger partial charge in [-0.1, -0.05) is 12.1 Å². The maximum Gasteiger partial charge on any atom is 0.373 e. The van der Waals surface area contributed by atoms with Crippen LogP contribution in [0.1, 0.15) is 21.9 Å². The standard InChI is InChI=1S/C21H21NO6S/c1-15-5-4-6-19(13-15)29(24,25)22(16-7-9-17(26-2)10-8-16)14-18-11-12-20(28-18)21(23)27-3/h4-13H,14H2,1-3H3. The molecule has 8 heteroatoms. The van der Waals surface area contributed by atoms with Crippen LogP contribution in [-0.4, -0.2) is 28.6 Å². The summed E-state index contributed by atoms with van der Waals surface area (Å²) in [5, 5.41) is 0. The minimum Gasteiger partial charge on any atom is -0.497 e. The summed E-state index contributed by atoms with van der Waals surface area (Å²) < 4.78 is 43.3. The largest absolute Gasteiger partial charge is 0.497 e. The van der Waals surface area contributed by atoms with E-state index in [0.29, 0.717) is 17.2 Å². The highest BCUT2D eigenvalue weighted by atomic mass is 32.2. The second-order valence-electron chi connectivity index (χ2n) is 6.28. The molecule has 7 nitrogen and oxygen atoms in total. The van der Waals surface area contributed by atoms with E-state index in [-0.39, 0.29) is 17.2 Å². The van der Waals surface area contributed by atoms with E-state index in [9.17, 15) is 13.2 Å². The summed E-state index contributed by atoms with van der Waals surface area (Å²) >= 11 is 0. The molecule has 2 aromatic carbocycles. The van der Waals surface area contributed by atoms with Gasteiger partial charge in [-0.25, -0.2) is 13.2 Å². The van der Waals surface area contributed by atoms with Crippen molar-refractivity contribution in [1.29, 1.82) is 0 Å². The molecule has 0 bridgehead atoms. The average Bonchev–Trinajstić information content (AvgIpc) is 3.20. The van der Waals surface area contributed by atoms with Crippen LogP contribution in [0, 0.1) is 6.92 Å². The molecule has 0 aliphatic heterocycles. The first-order chi connectivity index (χ1) is 13.8. The number of methoxy groups -OCH3 is 2. The molecule has 0 saturated heterocycles. The van der Waals surface area contributed by atoms with E-state index >= 15 is 0 Å². The number of esters is 1. The van der Waals surface area contributed by atoms with Crippen molar-refractivity contribution < 1.29 is 27.1 Å². The van der Waals surface area contributed by atoms with Crippen molar-refractivity contribution in [3.05, 3.63) is 77.7 Å². The number of carbonyl (C=O) groups is 1. The number of ether oxygens (including phenoxy) is 2. The van der Waals surface area contributed by atoms with Gasteiger partial charge < -0.3 is 13.9 Å². The van der Waals surface area contributed by atoms with Crippen LogP contribution in [0.3, 0.4) is 0 Å².